The predicted octanol–water partition coefficient (Wildman–Crippen LogP) is 1.42. The van der Waals surface area contributed by atoms with Crippen molar-refractivity contribution in [2.75, 3.05) is 13.1 Å². The highest BCUT2D eigenvalue weighted by molar-refractivity contribution is 4.96. The van der Waals surface area contributed by atoms with E-state index in [1.807, 2.05) is 0 Å². The summed E-state index contributed by atoms with van der Waals surface area (Å²) in [5.41, 5.74) is 0. The van der Waals surface area contributed by atoms with Gasteiger partial charge in [0.25, 0.3) is 0 Å². The topological polar surface area (TPSA) is 12.0 Å². The predicted molar refractivity (Wildman–Crippen MR) is 40.3 cm³/mol. The zero-order valence-corrected chi connectivity index (χ0v) is 6.22. The summed E-state index contributed by atoms with van der Waals surface area (Å²) in [6.45, 7) is 6.75. The van der Waals surface area contributed by atoms with Gasteiger partial charge in [0.1, 0.15) is 0 Å². The molecule has 0 aliphatic carbocycles. The lowest BCUT2D eigenvalue weighted by Gasteiger charge is -2.20. The van der Waals surface area contributed by atoms with Gasteiger partial charge in [-0.25, -0.2) is 0 Å². The van der Waals surface area contributed by atoms with Crippen LogP contribution >= 0.6 is 0 Å². The third-order valence-electron chi connectivity index (χ3n) is 1.88. The third-order valence-corrected chi connectivity index (χ3v) is 1.88. The molecule has 0 radical (unpaired) electrons. The van der Waals surface area contributed by atoms with E-state index in [-0.39, 0.29) is 0 Å². The van der Waals surface area contributed by atoms with Crippen molar-refractivity contribution in [1.82, 2.24) is 5.32 Å². The molecule has 0 spiro atoms. The van der Waals surface area contributed by atoms with Crippen LogP contribution in [0.1, 0.15) is 13.8 Å². The average molecular weight is 125 g/mol. The minimum Gasteiger partial charge on any atom is -0.313 e. The number of hydrogen-bond donors (Lipinski definition) is 1. The molecule has 1 nitrogen and oxygen atoms in total. The largest absolute Gasteiger partial charge is 0.313 e. The van der Waals surface area contributed by atoms with Crippen LogP contribution in [0, 0.1) is 11.8 Å². The van der Waals surface area contributed by atoms with E-state index >= 15 is 0 Å². The van der Waals surface area contributed by atoms with Crippen LogP contribution in [0.15, 0.2) is 12.2 Å². The molecule has 0 saturated heterocycles. The van der Waals surface area contributed by atoms with E-state index in [0.717, 1.165) is 24.9 Å². The SMILES string of the molecule is CC(C)C1C=CCNC1. The van der Waals surface area contributed by atoms with Gasteiger partial charge in [0, 0.05) is 13.1 Å². The molecule has 1 rings (SSSR count). The molecule has 0 aromatic carbocycles. The van der Waals surface area contributed by atoms with E-state index in [0.29, 0.717) is 0 Å². The molecule has 0 aromatic heterocycles. The van der Waals surface area contributed by atoms with E-state index < -0.39 is 0 Å². The second kappa shape index (κ2) is 3.02. The van der Waals surface area contributed by atoms with Crippen molar-refractivity contribution >= 4 is 0 Å². The van der Waals surface area contributed by atoms with E-state index in [9.17, 15) is 0 Å². The van der Waals surface area contributed by atoms with E-state index in [1.54, 1.807) is 0 Å². The molecule has 1 atom stereocenters. The molecule has 1 aliphatic heterocycles. The van der Waals surface area contributed by atoms with Gasteiger partial charge >= 0.3 is 0 Å². The quantitative estimate of drug-likeness (QED) is 0.523. The summed E-state index contributed by atoms with van der Waals surface area (Å²) < 4.78 is 0. The highest BCUT2D eigenvalue weighted by Gasteiger charge is 2.10. The molecule has 0 amide bonds. The average Bonchev–Trinajstić information content (AvgIpc) is 1.90. The van der Waals surface area contributed by atoms with Crippen LogP contribution < -0.4 is 5.32 Å². The van der Waals surface area contributed by atoms with Gasteiger partial charge in [0.15, 0.2) is 0 Å². The first kappa shape index (κ1) is 6.81. The fourth-order valence-corrected chi connectivity index (χ4v) is 1.10. The van der Waals surface area contributed by atoms with Gasteiger partial charge in [-0.3, -0.25) is 0 Å². The Morgan fingerprint density at radius 1 is 1.56 bits per heavy atom. The Kier molecular flexibility index (Phi) is 2.29. The van der Waals surface area contributed by atoms with Crippen molar-refractivity contribution in [2.24, 2.45) is 11.8 Å². The number of rotatable bonds is 1. The Hall–Kier alpha value is -0.300. The Morgan fingerprint density at radius 2 is 2.33 bits per heavy atom. The molecule has 1 aliphatic rings. The summed E-state index contributed by atoms with van der Waals surface area (Å²) in [6, 6.07) is 0. The Balaban J connectivity index is 2.40. The van der Waals surface area contributed by atoms with Gasteiger partial charge in [0.05, 0.1) is 0 Å². The smallest absolute Gasteiger partial charge is 0.0135 e. The maximum absolute atomic E-state index is 3.33. The summed E-state index contributed by atoms with van der Waals surface area (Å²) >= 11 is 0. The zero-order chi connectivity index (χ0) is 6.69. The fourth-order valence-electron chi connectivity index (χ4n) is 1.10. The molecule has 0 bridgehead atoms. The van der Waals surface area contributed by atoms with Crippen molar-refractivity contribution in [1.29, 1.82) is 0 Å². The minimum atomic E-state index is 0.763. The number of hydrogen-bond acceptors (Lipinski definition) is 1. The standard InChI is InChI=1S/C8H15N/c1-7(2)8-4-3-5-9-6-8/h3-4,7-9H,5-6H2,1-2H3. The molecular weight excluding hydrogens is 110 g/mol. The first-order chi connectivity index (χ1) is 4.30. The molecule has 0 saturated carbocycles. The Bertz CT molecular complexity index is 105. The van der Waals surface area contributed by atoms with Gasteiger partial charge in [-0.2, -0.15) is 0 Å². The van der Waals surface area contributed by atoms with Crippen molar-refractivity contribution in [3.05, 3.63) is 12.2 Å². The second-order valence-corrected chi connectivity index (χ2v) is 2.99. The van der Waals surface area contributed by atoms with Gasteiger partial charge in [-0.05, 0) is 11.8 Å². The van der Waals surface area contributed by atoms with Gasteiger partial charge in [0.2, 0.25) is 0 Å². The van der Waals surface area contributed by atoms with Crippen molar-refractivity contribution in [2.45, 2.75) is 13.8 Å². The van der Waals surface area contributed by atoms with Crippen LogP contribution in [0.4, 0.5) is 0 Å². The highest BCUT2D eigenvalue weighted by atomic mass is 14.9. The summed E-state index contributed by atoms with van der Waals surface area (Å²) in [6.07, 6.45) is 4.54. The van der Waals surface area contributed by atoms with Gasteiger partial charge in [-0.1, -0.05) is 26.0 Å². The van der Waals surface area contributed by atoms with Gasteiger partial charge in [-0.15, -0.1) is 0 Å². The monoisotopic (exact) mass is 125 g/mol. The fraction of sp³-hybridized carbons (Fsp3) is 0.750. The lowest BCUT2D eigenvalue weighted by atomic mass is 9.94. The lowest BCUT2D eigenvalue weighted by molar-refractivity contribution is 0.428. The van der Waals surface area contributed by atoms with E-state index in [4.69, 9.17) is 0 Å². The zero-order valence-electron chi connectivity index (χ0n) is 6.22. The van der Waals surface area contributed by atoms with Crippen LogP contribution in [-0.4, -0.2) is 13.1 Å². The molecule has 0 fully saturated rings. The molecule has 0 aromatic rings. The lowest BCUT2D eigenvalue weighted by Crippen LogP contribution is -2.28. The molecule has 52 valence electrons. The maximum Gasteiger partial charge on any atom is 0.0135 e. The third kappa shape index (κ3) is 1.83. The minimum absolute atomic E-state index is 0.763. The summed E-state index contributed by atoms with van der Waals surface area (Å²) in [5.74, 6) is 1.55. The number of nitrogens with one attached hydrogen (secondary N) is 1. The van der Waals surface area contributed by atoms with Crippen LogP contribution in [0.5, 0.6) is 0 Å². The van der Waals surface area contributed by atoms with E-state index in [2.05, 4.69) is 31.3 Å². The molecular formula is C8H15N. The first-order valence-electron chi connectivity index (χ1n) is 3.68. The van der Waals surface area contributed by atoms with Crippen LogP contribution in [0.3, 0.4) is 0 Å². The molecule has 1 N–H and O–H groups in total. The highest BCUT2D eigenvalue weighted by Crippen LogP contribution is 2.12. The summed E-state index contributed by atoms with van der Waals surface area (Å²) in [4.78, 5) is 0. The summed E-state index contributed by atoms with van der Waals surface area (Å²) in [5, 5.41) is 3.33. The van der Waals surface area contributed by atoms with Gasteiger partial charge < -0.3 is 5.32 Å². The van der Waals surface area contributed by atoms with E-state index in [1.165, 1.54) is 0 Å². The Morgan fingerprint density at radius 3 is 2.67 bits per heavy atom. The van der Waals surface area contributed by atoms with Crippen molar-refractivity contribution in [3.63, 3.8) is 0 Å². The maximum atomic E-state index is 3.33. The van der Waals surface area contributed by atoms with Crippen molar-refractivity contribution < 1.29 is 0 Å². The van der Waals surface area contributed by atoms with Crippen LogP contribution in [-0.2, 0) is 0 Å². The summed E-state index contributed by atoms with van der Waals surface area (Å²) in [7, 11) is 0. The normalized spacial score (nSPS) is 27.2. The van der Waals surface area contributed by atoms with Crippen molar-refractivity contribution in [3.8, 4) is 0 Å². The molecule has 1 heteroatoms. The van der Waals surface area contributed by atoms with Crippen LogP contribution in [0.25, 0.3) is 0 Å². The molecule has 1 heterocycles. The second-order valence-electron chi connectivity index (χ2n) is 2.99. The first-order valence-corrected chi connectivity index (χ1v) is 3.68. The molecule has 9 heavy (non-hydrogen) atoms. The molecule has 1 unspecified atom stereocenters. The Labute approximate surface area is 57.1 Å². The van der Waals surface area contributed by atoms with Crippen LogP contribution in [0.2, 0.25) is 0 Å².